The third-order valence-corrected chi connectivity index (χ3v) is 3.09. The Bertz CT molecular complexity index is 294. The molecule has 0 heterocycles. The highest BCUT2D eigenvalue weighted by Crippen LogP contribution is 2.20. The molecule has 1 fully saturated rings. The molecule has 0 aliphatic heterocycles. The highest BCUT2D eigenvalue weighted by Gasteiger charge is 2.22. The summed E-state index contributed by atoms with van der Waals surface area (Å²) >= 11 is 8.69. The molecule has 0 aromatic carbocycles. The van der Waals surface area contributed by atoms with E-state index >= 15 is 0 Å². The zero-order valence-electron chi connectivity index (χ0n) is 7.79. The first-order valence-electron chi connectivity index (χ1n) is 4.84. The van der Waals surface area contributed by atoms with Gasteiger partial charge in [-0.1, -0.05) is 34.2 Å². The summed E-state index contributed by atoms with van der Waals surface area (Å²) in [6, 6.07) is 0.953. The van der Waals surface area contributed by atoms with Gasteiger partial charge in [-0.25, -0.2) is 0 Å². The number of hydrogen-bond acceptors (Lipinski definition) is 1. The average molecular weight is 273 g/mol. The molecule has 0 radical (unpaired) electrons. The van der Waals surface area contributed by atoms with Crippen molar-refractivity contribution in [3.8, 4) is 0 Å². The van der Waals surface area contributed by atoms with Gasteiger partial charge < -0.3 is 10.6 Å². The zero-order valence-corrected chi connectivity index (χ0v) is 10.2. The van der Waals surface area contributed by atoms with Crippen LogP contribution in [0.2, 0.25) is 0 Å². The predicted octanol–water partition coefficient (Wildman–Crippen LogP) is 2.22. The first kappa shape index (κ1) is 10.2. The van der Waals surface area contributed by atoms with Gasteiger partial charge >= 0.3 is 0 Å². The predicted molar refractivity (Wildman–Crippen MR) is 66.4 cm³/mol. The fourth-order valence-corrected chi connectivity index (χ4v) is 2.18. The molecule has 1 atom stereocenters. The maximum absolute atomic E-state index is 5.20. The van der Waals surface area contributed by atoms with E-state index in [-0.39, 0.29) is 0 Å². The Morgan fingerprint density at radius 1 is 1.43 bits per heavy atom. The molecule has 1 saturated carbocycles. The van der Waals surface area contributed by atoms with Crippen molar-refractivity contribution in [1.29, 1.82) is 0 Å². The molecule has 2 aliphatic carbocycles. The maximum atomic E-state index is 5.20. The van der Waals surface area contributed by atoms with Crippen molar-refractivity contribution in [3.05, 3.63) is 22.7 Å². The SMILES string of the molecule is S=C(NC1C=CC=C(Br)C1)NC1CC1. The number of allylic oxidation sites excluding steroid dienone is 2. The average Bonchev–Trinajstić information content (AvgIpc) is 2.87. The second kappa shape index (κ2) is 4.45. The van der Waals surface area contributed by atoms with Gasteiger partial charge in [-0.2, -0.15) is 0 Å². The molecule has 76 valence electrons. The zero-order chi connectivity index (χ0) is 9.97. The van der Waals surface area contributed by atoms with Crippen LogP contribution >= 0.6 is 28.1 Å². The Hall–Kier alpha value is -0.350. The van der Waals surface area contributed by atoms with Gasteiger partial charge in [0.15, 0.2) is 5.11 Å². The largest absolute Gasteiger partial charge is 0.360 e. The van der Waals surface area contributed by atoms with Gasteiger partial charge in [0.25, 0.3) is 0 Å². The van der Waals surface area contributed by atoms with Crippen LogP contribution in [0.15, 0.2) is 22.7 Å². The minimum absolute atomic E-state index is 0.327. The van der Waals surface area contributed by atoms with Crippen molar-refractivity contribution < 1.29 is 0 Å². The Labute approximate surface area is 98.0 Å². The summed E-state index contributed by atoms with van der Waals surface area (Å²) in [7, 11) is 0. The van der Waals surface area contributed by atoms with Crippen LogP contribution in [0.5, 0.6) is 0 Å². The summed E-state index contributed by atoms with van der Waals surface area (Å²) < 4.78 is 1.21. The van der Waals surface area contributed by atoms with Gasteiger partial charge in [0.1, 0.15) is 0 Å². The Morgan fingerprint density at radius 3 is 2.86 bits per heavy atom. The fraction of sp³-hybridized carbons (Fsp3) is 0.500. The molecule has 0 aromatic rings. The molecule has 0 aromatic heterocycles. The van der Waals surface area contributed by atoms with Gasteiger partial charge in [-0.05, 0) is 29.5 Å². The summed E-state index contributed by atoms with van der Waals surface area (Å²) in [5.74, 6) is 0. The Morgan fingerprint density at radius 2 is 2.21 bits per heavy atom. The fourth-order valence-electron chi connectivity index (χ4n) is 1.36. The lowest BCUT2D eigenvalue weighted by Crippen LogP contribution is -2.42. The van der Waals surface area contributed by atoms with Crippen molar-refractivity contribution in [2.24, 2.45) is 0 Å². The van der Waals surface area contributed by atoms with E-state index in [4.69, 9.17) is 12.2 Å². The third-order valence-electron chi connectivity index (χ3n) is 2.26. The van der Waals surface area contributed by atoms with Crippen LogP contribution in [0.4, 0.5) is 0 Å². The van der Waals surface area contributed by atoms with Crippen molar-refractivity contribution in [3.63, 3.8) is 0 Å². The maximum Gasteiger partial charge on any atom is 0.166 e. The Kier molecular flexibility index (Phi) is 3.23. The van der Waals surface area contributed by atoms with Gasteiger partial charge in [-0.15, -0.1) is 0 Å². The molecular formula is C10H13BrN2S. The lowest BCUT2D eigenvalue weighted by molar-refractivity contribution is 0.709. The topological polar surface area (TPSA) is 24.1 Å². The molecule has 4 heteroatoms. The lowest BCUT2D eigenvalue weighted by Gasteiger charge is -2.19. The van der Waals surface area contributed by atoms with E-state index in [0.717, 1.165) is 11.5 Å². The summed E-state index contributed by atoms with van der Waals surface area (Å²) in [6.45, 7) is 0. The molecule has 2 rings (SSSR count). The summed E-state index contributed by atoms with van der Waals surface area (Å²) in [6.07, 6.45) is 9.73. The molecule has 0 amide bonds. The smallest absolute Gasteiger partial charge is 0.166 e. The van der Waals surface area contributed by atoms with Crippen LogP contribution in [0.1, 0.15) is 19.3 Å². The van der Waals surface area contributed by atoms with E-state index in [1.807, 2.05) is 6.08 Å². The van der Waals surface area contributed by atoms with E-state index in [0.29, 0.717) is 12.1 Å². The molecule has 0 saturated heterocycles. The quantitative estimate of drug-likeness (QED) is 0.754. The normalized spacial score (nSPS) is 25.5. The third kappa shape index (κ3) is 3.10. The molecule has 0 spiro atoms. The molecule has 2 N–H and O–H groups in total. The number of halogens is 1. The minimum atomic E-state index is 0.327. The van der Waals surface area contributed by atoms with Crippen molar-refractivity contribution in [2.45, 2.75) is 31.3 Å². The van der Waals surface area contributed by atoms with E-state index < -0.39 is 0 Å². The second-order valence-electron chi connectivity index (χ2n) is 3.70. The number of hydrogen-bond donors (Lipinski definition) is 2. The highest BCUT2D eigenvalue weighted by molar-refractivity contribution is 9.11. The minimum Gasteiger partial charge on any atom is -0.360 e. The summed E-state index contributed by atoms with van der Waals surface area (Å²) in [5, 5.41) is 7.33. The molecule has 1 unspecified atom stereocenters. The van der Waals surface area contributed by atoms with Gasteiger partial charge in [-0.3, -0.25) is 0 Å². The number of nitrogens with one attached hydrogen (secondary N) is 2. The molecule has 0 bridgehead atoms. The van der Waals surface area contributed by atoms with Crippen LogP contribution in [0.3, 0.4) is 0 Å². The summed E-state index contributed by atoms with van der Waals surface area (Å²) in [5.41, 5.74) is 0. The van der Waals surface area contributed by atoms with Crippen LogP contribution in [-0.2, 0) is 0 Å². The van der Waals surface area contributed by atoms with Crippen LogP contribution in [0.25, 0.3) is 0 Å². The van der Waals surface area contributed by atoms with Gasteiger partial charge in [0.2, 0.25) is 0 Å². The molecule has 2 aliphatic rings. The number of thiocarbonyl (C=S) groups is 1. The van der Waals surface area contributed by atoms with E-state index in [2.05, 4.69) is 38.7 Å². The molecule has 2 nitrogen and oxygen atoms in total. The van der Waals surface area contributed by atoms with Crippen molar-refractivity contribution in [2.75, 3.05) is 0 Å². The first-order chi connectivity index (χ1) is 6.74. The summed E-state index contributed by atoms with van der Waals surface area (Å²) in [4.78, 5) is 0. The second-order valence-corrected chi connectivity index (χ2v) is 5.13. The molecular weight excluding hydrogens is 260 g/mol. The number of rotatable bonds is 2. The molecule has 14 heavy (non-hydrogen) atoms. The van der Waals surface area contributed by atoms with Crippen molar-refractivity contribution in [1.82, 2.24) is 10.6 Å². The van der Waals surface area contributed by atoms with Crippen LogP contribution in [-0.4, -0.2) is 17.2 Å². The van der Waals surface area contributed by atoms with Crippen molar-refractivity contribution >= 4 is 33.3 Å². The monoisotopic (exact) mass is 272 g/mol. The van der Waals surface area contributed by atoms with E-state index in [1.165, 1.54) is 17.3 Å². The van der Waals surface area contributed by atoms with E-state index in [9.17, 15) is 0 Å². The van der Waals surface area contributed by atoms with Gasteiger partial charge in [0.05, 0.1) is 6.04 Å². The first-order valence-corrected chi connectivity index (χ1v) is 6.04. The highest BCUT2D eigenvalue weighted by atomic mass is 79.9. The lowest BCUT2D eigenvalue weighted by atomic mass is 10.1. The van der Waals surface area contributed by atoms with Crippen LogP contribution < -0.4 is 10.6 Å². The van der Waals surface area contributed by atoms with Gasteiger partial charge in [0, 0.05) is 12.5 Å². The Balaban J connectivity index is 1.76. The standard InChI is InChI=1S/C10H13BrN2S/c11-7-2-1-3-9(6-7)13-10(14)12-8-4-5-8/h1-3,8-9H,4-6H2,(H2,12,13,14). The van der Waals surface area contributed by atoms with Crippen LogP contribution in [0, 0.1) is 0 Å². The van der Waals surface area contributed by atoms with E-state index in [1.54, 1.807) is 0 Å².